The monoisotopic (exact) mass is 189 g/mol. The molecule has 0 unspecified atom stereocenters. The van der Waals surface area contributed by atoms with E-state index >= 15 is 0 Å². The van der Waals surface area contributed by atoms with Crippen LogP contribution < -0.4 is 5.73 Å². The Kier molecular flexibility index (Phi) is 1.77. The molecule has 0 amide bonds. The van der Waals surface area contributed by atoms with Gasteiger partial charge in [-0.1, -0.05) is 6.07 Å². The predicted molar refractivity (Wildman–Crippen MR) is 55.1 cm³/mol. The Hall–Kier alpha value is -1.84. The lowest BCUT2D eigenvalue weighted by Gasteiger charge is -2.06. The molecule has 0 saturated heterocycles. The highest BCUT2D eigenvalue weighted by Gasteiger charge is 2.08. The van der Waals surface area contributed by atoms with Crippen LogP contribution in [0.5, 0.6) is 5.75 Å². The Morgan fingerprint density at radius 1 is 1.29 bits per heavy atom. The number of nitrogen functional groups attached to an aromatic ring is 1. The SMILES string of the molecule is Cc1cc(C)c2nc(N)ncc2c1O. The minimum Gasteiger partial charge on any atom is -0.507 e. The van der Waals surface area contributed by atoms with Crippen LogP contribution in [0.3, 0.4) is 0 Å². The van der Waals surface area contributed by atoms with Crippen LogP contribution in [0.15, 0.2) is 12.3 Å². The quantitative estimate of drug-likeness (QED) is 0.659. The fourth-order valence-electron chi connectivity index (χ4n) is 1.54. The molecule has 72 valence electrons. The van der Waals surface area contributed by atoms with Gasteiger partial charge in [-0.15, -0.1) is 0 Å². The van der Waals surface area contributed by atoms with E-state index in [0.717, 1.165) is 11.1 Å². The van der Waals surface area contributed by atoms with Gasteiger partial charge >= 0.3 is 0 Å². The maximum absolute atomic E-state index is 9.75. The normalized spacial score (nSPS) is 10.7. The molecule has 2 rings (SSSR count). The topological polar surface area (TPSA) is 72.0 Å². The summed E-state index contributed by atoms with van der Waals surface area (Å²) in [6.45, 7) is 3.78. The van der Waals surface area contributed by atoms with Crippen molar-refractivity contribution in [2.45, 2.75) is 13.8 Å². The van der Waals surface area contributed by atoms with E-state index in [9.17, 15) is 5.11 Å². The summed E-state index contributed by atoms with van der Waals surface area (Å²) in [4.78, 5) is 7.94. The number of fused-ring (bicyclic) bond motifs is 1. The molecule has 1 aromatic heterocycles. The molecule has 2 aromatic rings. The largest absolute Gasteiger partial charge is 0.507 e. The molecule has 0 fully saturated rings. The summed E-state index contributed by atoms with van der Waals surface area (Å²) in [7, 11) is 0. The van der Waals surface area contributed by atoms with Crippen LogP contribution >= 0.6 is 0 Å². The molecule has 0 bridgehead atoms. The molecule has 0 spiro atoms. The zero-order valence-electron chi connectivity index (χ0n) is 8.07. The number of nitrogens with two attached hydrogens (primary N) is 1. The van der Waals surface area contributed by atoms with E-state index in [0.29, 0.717) is 10.9 Å². The fourth-order valence-corrected chi connectivity index (χ4v) is 1.54. The average Bonchev–Trinajstić information content (AvgIpc) is 2.14. The number of nitrogens with zero attached hydrogens (tertiary/aromatic N) is 2. The van der Waals surface area contributed by atoms with E-state index in [1.54, 1.807) is 6.20 Å². The molecule has 0 aliphatic heterocycles. The number of benzene rings is 1. The molecule has 4 nitrogen and oxygen atoms in total. The van der Waals surface area contributed by atoms with E-state index in [-0.39, 0.29) is 11.7 Å². The first-order chi connectivity index (χ1) is 6.59. The maximum Gasteiger partial charge on any atom is 0.220 e. The van der Waals surface area contributed by atoms with Crippen molar-refractivity contribution >= 4 is 16.9 Å². The number of hydrogen-bond acceptors (Lipinski definition) is 4. The van der Waals surface area contributed by atoms with Gasteiger partial charge in [-0.2, -0.15) is 0 Å². The number of aryl methyl sites for hydroxylation is 2. The van der Waals surface area contributed by atoms with Crippen molar-refractivity contribution in [1.82, 2.24) is 9.97 Å². The molecule has 14 heavy (non-hydrogen) atoms. The minimum atomic E-state index is 0.226. The van der Waals surface area contributed by atoms with Crippen molar-refractivity contribution in [2.75, 3.05) is 5.73 Å². The van der Waals surface area contributed by atoms with Crippen molar-refractivity contribution in [2.24, 2.45) is 0 Å². The third-order valence-electron chi connectivity index (χ3n) is 2.24. The van der Waals surface area contributed by atoms with Gasteiger partial charge in [0.25, 0.3) is 0 Å². The second-order valence-electron chi connectivity index (χ2n) is 3.35. The summed E-state index contributed by atoms with van der Waals surface area (Å²) in [5.74, 6) is 0.453. The Morgan fingerprint density at radius 2 is 2.00 bits per heavy atom. The molecule has 0 saturated carbocycles. The summed E-state index contributed by atoms with van der Waals surface area (Å²) >= 11 is 0. The zero-order valence-corrected chi connectivity index (χ0v) is 8.07. The highest BCUT2D eigenvalue weighted by molar-refractivity contribution is 5.88. The van der Waals surface area contributed by atoms with Crippen LogP contribution in [0.2, 0.25) is 0 Å². The van der Waals surface area contributed by atoms with Crippen molar-refractivity contribution in [3.63, 3.8) is 0 Å². The van der Waals surface area contributed by atoms with E-state index in [4.69, 9.17) is 5.73 Å². The van der Waals surface area contributed by atoms with Gasteiger partial charge in [0.2, 0.25) is 5.95 Å². The second kappa shape index (κ2) is 2.83. The predicted octanol–water partition coefficient (Wildman–Crippen LogP) is 1.53. The van der Waals surface area contributed by atoms with Gasteiger partial charge in [0.15, 0.2) is 0 Å². The summed E-state index contributed by atoms with van der Waals surface area (Å²) in [5, 5.41) is 10.4. The smallest absolute Gasteiger partial charge is 0.220 e. The first-order valence-electron chi connectivity index (χ1n) is 4.31. The minimum absolute atomic E-state index is 0.226. The summed E-state index contributed by atoms with van der Waals surface area (Å²) in [6.07, 6.45) is 1.55. The second-order valence-corrected chi connectivity index (χ2v) is 3.35. The van der Waals surface area contributed by atoms with Crippen molar-refractivity contribution in [1.29, 1.82) is 0 Å². The van der Waals surface area contributed by atoms with E-state index < -0.39 is 0 Å². The van der Waals surface area contributed by atoms with Gasteiger partial charge in [0.05, 0.1) is 10.9 Å². The average molecular weight is 189 g/mol. The van der Waals surface area contributed by atoms with Crippen LogP contribution in [0.4, 0.5) is 5.95 Å². The van der Waals surface area contributed by atoms with Gasteiger partial charge in [0.1, 0.15) is 5.75 Å². The number of phenolic OH excluding ortho intramolecular Hbond substituents is 1. The van der Waals surface area contributed by atoms with Crippen LogP contribution in [-0.4, -0.2) is 15.1 Å². The summed E-state index contributed by atoms with van der Waals surface area (Å²) in [6, 6.07) is 1.88. The summed E-state index contributed by atoms with van der Waals surface area (Å²) in [5.41, 5.74) is 8.00. The van der Waals surface area contributed by atoms with Gasteiger partial charge in [0, 0.05) is 6.20 Å². The van der Waals surface area contributed by atoms with Crippen LogP contribution in [0.1, 0.15) is 11.1 Å². The van der Waals surface area contributed by atoms with Gasteiger partial charge in [-0.3, -0.25) is 0 Å². The molecule has 1 heterocycles. The third kappa shape index (κ3) is 1.16. The van der Waals surface area contributed by atoms with Crippen LogP contribution in [0, 0.1) is 13.8 Å². The molecular weight excluding hydrogens is 178 g/mol. The Labute approximate surface area is 81.4 Å². The molecule has 0 aliphatic carbocycles. The van der Waals surface area contributed by atoms with Gasteiger partial charge in [-0.25, -0.2) is 9.97 Å². The highest BCUT2D eigenvalue weighted by Crippen LogP contribution is 2.29. The molecule has 1 aromatic carbocycles. The molecule has 3 N–H and O–H groups in total. The van der Waals surface area contributed by atoms with Crippen LogP contribution in [-0.2, 0) is 0 Å². The number of anilines is 1. The lowest BCUT2D eigenvalue weighted by Crippen LogP contribution is -1.96. The van der Waals surface area contributed by atoms with E-state index in [2.05, 4.69) is 9.97 Å². The number of hydrogen-bond donors (Lipinski definition) is 2. The van der Waals surface area contributed by atoms with Crippen molar-refractivity contribution in [3.05, 3.63) is 23.4 Å². The Balaban J connectivity index is 2.94. The van der Waals surface area contributed by atoms with Crippen molar-refractivity contribution < 1.29 is 5.11 Å². The fraction of sp³-hybridized carbons (Fsp3) is 0.200. The molecule has 0 aliphatic rings. The number of rotatable bonds is 0. The molecule has 4 heteroatoms. The maximum atomic E-state index is 9.75. The van der Waals surface area contributed by atoms with Gasteiger partial charge < -0.3 is 10.8 Å². The molecule has 0 atom stereocenters. The van der Waals surface area contributed by atoms with Crippen molar-refractivity contribution in [3.8, 4) is 5.75 Å². The number of aromatic nitrogens is 2. The zero-order chi connectivity index (χ0) is 10.3. The lowest BCUT2D eigenvalue weighted by atomic mass is 10.1. The standard InChI is InChI=1S/C10H11N3O/c1-5-3-6(2)9(14)7-4-12-10(11)13-8(5)7/h3-4,14H,1-2H3,(H2,11,12,13). The third-order valence-corrected chi connectivity index (χ3v) is 2.24. The molecule has 0 radical (unpaired) electrons. The molecular formula is C10H11N3O. The number of aromatic hydroxyl groups is 1. The first kappa shape index (κ1) is 8.74. The highest BCUT2D eigenvalue weighted by atomic mass is 16.3. The Morgan fingerprint density at radius 3 is 2.71 bits per heavy atom. The van der Waals surface area contributed by atoms with Crippen LogP contribution in [0.25, 0.3) is 10.9 Å². The summed E-state index contributed by atoms with van der Waals surface area (Å²) < 4.78 is 0. The Bertz CT molecular complexity index is 508. The lowest BCUT2D eigenvalue weighted by molar-refractivity contribution is 0.477. The van der Waals surface area contributed by atoms with E-state index in [1.807, 2.05) is 19.9 Å². The first-order valence-corrected chi connectivity index (χ1v) is 4.31. The van der Waals surface area contributed by atoms with Gasteiger partial charge in [-0.05, 0) is 25.0 Å². The number of phenols is 1. The van der Waals surface area contributed by atoms with E-state index in [1.165, 1.54) is 0 Å².